The van der Waals surface area contributed by atoms with E-state index in [1.165, 1.54) is 0 Å². The van der Waals surface area contributed by atoms with Crippen LogP contribution in [-0.2, 0) is 0 Å². The van der Waals surface area contributed by atoms with E-state index in [9.17, 15) is 5.11 Å². The first-order chi connectivity index (χ1) is 6.53. The molecule has 0 bridgehead atoms. The van der Waals surface area contributed by atoms with Crippen LogP contribution in [0.1, 0.15) is 27.2 Å². The van der Waals surface area contributed by atoms with Crippen LogP contribution < -0.4 is 5.73 Å². The van der Waals surface area contributed by atoms with Gasteiger partial charge in [-0.25, -0.2) is 0 Å². The third-order valence-corrected chi connectivity index (χ3v) is 2.99. The minimum absolute atomic E-state index is 0.0785. The van der Waals surface area contributed by atoms with E-state index in [1.807, 2.05) is 6.92 Å². The van der Waals surface area contributed by atoms with E-state index >= 15 is 0 Å². The molecule has 0 aromatic heterocycles. The quantitative estimate of drug-likeness (QED) is 0.536. The van der Waals surface area contributed by atoms with Crippen LogP contribution in [0.4, 0.5) is 0 Å². The summed E-state index contributed by atoms with van der Waals surface area (Å²) in [5, 5.41) is 18.2. The summed E-state index contributed by atoms with van der Waals surface area (Å²) >= 11 is 0. The van der Waals surface area contributed by atoms with Gasteiger partial charge in [-0.3, -0.25) is 4.90 Å². The van der Waals surface area contributed by atoms with Crippen molar-refractivity contribution in [1.82, 2.24) is 4.90 Å². The molecule has 0 saturated heterocycles. The van der Waals surface area contributed by atoms with Crippen molar-refractivity contribution < 1.29 is 10.2 Å². The summed E-state index contributed by atoms with van der Waals surface area (Å²) in [5.74, 6) is 0. The minimum atomic E-state index is -0.674. The molecule has 0 aromatic carbocycles. The molecule has 4 nitrogen and oxygen atoms in total. The summed E-state index contributed by atoms with van der Waals surface area (Å²) in [4.78, 5) is 2.12. The molecular weight excluding hydrogens is 180 g/mol. The molecule has 0 aliphatic rings. The first kappa shape index (κ1) is 13.8. The van der Waals surface area contributed by atoms with E-state index in [0.717, 1.165) is 13.0 Å². The Morgan fingerprint density at radius 3 is 2.29 bits per heavy atom. The fraction of sp³-hybridized carbons (Fsp3) is 1.00. The number of hydrogen-bond donors (Lipinski definition) is 3. The highest BCUT2D eigenvalue weighted by Crippen LogP contribution is 2.17. The van der Waals surface area contributed by atoms with Gasteiger partial charge in [-0.2, -0.15) is 0 Å². The van der Waals surface area contributed by atoms with Gasteiger partial charge in [0.1, 0.15) is 0 Å². The van der Waals surface area contributed by atoms with Gasteiger partial charge in [-0.05, 0) is 19.9 Å². The Labute approximate surface area is 86.7 Å². The minimum Gasteiger partial charge on any atom is -0.394 e. The van der Waals surface area contributed by atoms with Crippen molar-refractivity contribution in [2.75, 3.05) is 26.2 Å². The van der Waals surface area contributed by atoms with E-state index in [4.69, 9.17) is 10.8 Å². The van der Waals surface area contributed by atoms with Crippen LogP contribution in [0.15, 0.2) is 0 Å². The van der Waals surface area contributed by atoms with Crippen LogP contribution in [0.2, 0.25) is 0 Å². The van der Waals surface area contributed by atoms with Crippen molar-refractivity contribution in [3.05, 3.63) is 0 Å². The topological polar surface area (TPSA) is 69.7 Å². The molecule has 14 heavy (non-hydrogen) atoms. The van der Waals surface area contributed by atoms with Crippen LogP contribution in [0, 0.1) is 0 Å². The van der Waals surface area contributed by atoms with Crippen LogP contribution in [0.5, 0.6) is 0 Å². The van der Waals surface area contributed by atoms with Crippen LogP contribution in [0.3, 0.4) is 0 Å². The van der Waals surface area contributed by atoms with Gasteiger partial charge in [0.15, 0.2) is 0 Å². The molecule has 0 rings (SSSR count). The Hall–Kier alpha value is -0.160. The van der Waals surface area contributed by atoms with Crippen LogP contribution in [-0.4, -0.2) is 53.0 Å². The SMILES string of the molecule is CCN(CC(O)CO)C(C)(CC)CN. The second-order valence-corrected chi connectivity index (χ2v) is 3.93. The van der Waals surface area contributed by atoms with Gasteiger partial charge in [-0.1, -0.05) is 13.8 Å². The first-order valence-corrected chi connectivity index (χ1v) is 5.28. The lowest BCUT2D eigenvalue weighted by Gasteiger charge is -2.40. The predicted molar refractivity (Wildman–Crippen MR) is 58.1 cm³/mol. The average molecular weight is 204 g/mol. The summed E-state index contributed by atoms with van der Waals surface area (Å²) in [7, 11) is 0. The number of rotatable bonds is 7. The molecule has 0 aromatic rings. The molecule has 4 N–H and O–H groups in total. The zero-order chi connectivity index (χ0) is 11.2. The molecule has 0 fully saturated rings. The monoisotopic (exact) mass is 204 g/mol. The maximum Gasteiger partial charge on any atom is 0.0897 e. The highest BCUT2D eigenvalue weighted by atomic mass is 16.3. The zero-order valence-corrected chi connectivity index (χ0v) is 9.53. The van der Waals surface area contributed by atoms with Gasteiger partial charge in [0.25, 0.3) is 0 Å². The second-order valence-electron chi connectivity index (χ2n) is 3.93. The van der Waals surface area contributed by atoms with E-state index in [1.54, 1.807) is 0 Å². The Kier molecular flexibility index (Phi) is 6.27. The Morgan fingerprint density at radius 1 is 1.43 bits per heavy atom. The molecule has 0 spiro atoms. The smallest absolute Gasteiger partial charge is 0.0897 e. The van der Waals surface area contributed by atoms with Crippen molar-refractivity contribution in [3.63, 3.8) is 0 Å². The molecule has 0 aliphatic heterocycles. The number of likely N-dealkylation sites (N-methyl/N-ethyl adjacent to an activating group) is 1. The highest BCUT2D eigenvalue weighted by molar-refractivity contribution is 4.86. The molecule has 4 heteroatoms. The summed E-state index contributed by atoms with van der Waals surface area (Å²) in [6, 6.07) is 0. The first-order valence-electron chi connectivity index (χ1n) is 5.28. The lowest BCUT2D eigenvalue weighted by atomic mass is 9.96. The van der Waals surface area contributed by atoms with Gasteiger partial charge in [-0.15, -0.1) is 0 Å². The molecular formula is C10H24N2O2. The molecule has 86 valence electrons. The van der Waals surface area contributed by atoms with Gasteiger partial charge >= 0.3 is 0 Å². The fourth-order valence-corrected chi connectivity index (χ4v) is 1.54. The summed E-state index contributed by atoms with van der Waals surface area (Å²) in [5.41, 5.74) is 5.65. The fourth-order valence-electron chi connectivity index (χ4n) is 1.54. The second kappa shape index (κ2) is 6.35. The average Bonchev–Trinajstić information content (AvgIpc) is 2.24. The number of nitrogens with zero attached hydrogens (tertiary/aromatic N) is 1. The molecule has 2 unspecified atom stereocenters. The van der Waals surface area contributed by atoms with Crippen LogP contribution >= 0.6 is 0 Å². The third-order valence-electron chi connectivity index (χ3n) is 2.99. The third kappa shape index (κ3) is 3.53. The van der Waals surface area contributed by atoms with Crippen molar-refractivity contribution in [1.29, 1.82) is 0 Å². The molecule has 0 saturated carbocycles. The lowest BCUT2D eigenvalue weighted by Crippen LogP contribution is -2.53. The Bertz CT molecular complexity index is 149. The van der Waals surface area contributed by atoms with Crippen molar-refractivity contribution >= 4 is 0 Å². The normalized spacial score (nSPS) is 18.2. The van der Waals surface area contributed by atoms with Crippen LogP contribution in [0.25, 0.3) is 0 Å². The van der Waals surface area contributed by atoms with E-state index in [2.05, 4.69) is 18.7 Å². The zero-order valence-electron chi connectivity index (χ0n) is 9.53. The maximum absolute atomic E-state index is 9.38. The number of aliphatic hydroxyl groups is 2. The molecule has 0 aliphatic carbocycles. The number of aliphatic hydroxyl groups excluding tert-OH is 2. The summed E-state index contributed by atoms with van der Waals surface area (Å²) in [6.07, 6.45) is 0.266. The van der Waals surface area contributed by atoms with Gasteiger partial charge in [0, 0.05) is 18.6 Å². The summed E-state index contributed by atoms with van der Waals surface area (Å²) < 4.78 is 0. The maximum atomic E-state index is 9.38. The number of hydrogen-bond acceptors (Lipinski definition) is 4. The highest BCUT2D eigenvalue weighted by Gasteiger charge is 2.28. The summed E-state index contributed by atoms with van der Waals surface area (Å²) in [6.45, 7) is 7.89. The number of β-amino-alcohol motifs (C(OH)–C–C–N with tert-alkyl or cyclic N) is 1. The van der Waals surface area contributed by atoms with E-state index in [0.29, 0.717) is 13.1 Å². The molecule has 0 amide bonds. The van der Waals surface area contributed by atoms with Gasteiger partial charge in [0.05, 0.1) is 12.7 Å². The predicted octanol–water partition coefficient (Wildman–Crippen LogP) is -0.211. The molecule has 2 atom stereocenters. The molecule has 0 radical (unpaired) electrons. The van der Waals surface area contributed by atoms with Crippen molar-refractivity contribution in [2.24, 2.45) is 5.73 Å². The van der Waals surface area contributed by atoms with E-state index in [-0.39, 0.29) is 12.1 Å². The van der Waals surface area contributed by atoms with Crippen molar-refractivity contribution in [2.45, 2.75) is 38.8 Å². The number of nitrogens with two attached hydrogens (primary N) is 1. The largest absolute Gasteiger partial charge is 0.394 e. The van der Waals surface area contributed by atoms with Gasteiger partial charge < -0.3 is 15.9 Å². The van der Waals surface area contributed by atoms with E-state index < -0.39 is 6.10 Å². The van der Waals surface area contributed by atoms with Crippen molar-refractivity contribution in [3.8, 4) is 0 Å². The Balaban J connectivity index is 4.36. The Morgan fingerprint density at radius 2 is 2.00 bits per heavy atom. The standard InChI is InChI=1S/C10H24N2O2/c1-4-10(3,8-11)12(5-2)6-9(14)7-13/h9,13-14H,4-8,11H2,1-3H3. The lowest BCUT2D eigenvalue weighted by molar-refractivity contribution is 0.0196. The molecule has 0 heterocycles. The van der Waals surface area contributed by atoms with Gasteiger partial charge in [0.2, 0.25) is 0 Å².